The second kappa shape index (κ2) is 14.1. The van der Waals surface area contributed by atoms with Crippen LogP contribution in [0, 0.1) is 11.3 Å². The first-order valence-electron chi connectivity index (χ1n) is 13.3. The van der Waals surface area contributed by atoms with Crippen molar-refractivity contribution < 1.29 is 14.3 Å². The Bertz CT molecular complexity index is 1250. The van der Waals surface area contributed by atoms with E-state index < -0.39 is 0 Å². The van der Waals surface area contributed by atoms with Crippen LogP contribution in [0.3, 0.4) is 0 Å². The van der Waals surface area contributed by atoms with Crippen molar-refractivity contribution in [3.63, 3.8) is 0 Å². The standard InChI is InChI=1S/C31H36N4O3/c32-21-25-19-26(15-16-28(25)33)34-31-14-4-2-1-3-13-29(35-31)24-10-7-12-27(20-24)38-22-30(36)23-9-5-6-17-37-18-8-11-23/h3-4,7,10,12,14-16,19-21,23,32H,1-2,5-6,8-9,11,17-18,22,33H2,(H,34,35). The number of anilines is 2. The van der Waals surface area contributed by atoms with Crippen molar-refractivity contribution in [2.24, 2.45) is 10.9 Å². The molecular weight excluding hydrogens is 476 g/mol. The molecule has 2 heterocycles. The van der Waals surface area contributed by atoms with Gasteiger partial charge in [0.1, 0.15) is 23.9 Å². The van der Waals surface area contributed by atoms with Crippen molar-refractivity contribution >= 4 is 34.9 Å². The number of allylic oxidation sites excluding steroid dienone is 2. The van der Waals surface area contributed by atoms with Gasteiger partial charge in [-0.3, -0.25) is 4.79 Å². The molecule has 0 amide bonds. The number of rotatable bonds is 7. The number of carbonyl (C=O) groups is 1. The molecule has 1 atom stereocenters. The summed E-state index contributed by atoms with van der Waals surface area (Å²) >= 11 is 0. The van der Waals surface area contributed by atoms with Crippen LogP contribution >= 0.6 is 0 Å². The number of ether oxygens (including phenoxy) is 2. The molecule has 2 aromatic carbocycles. The van der Waals surface area contributed by atoms with Gasteiger partial charge in [-0.1, -0.05) is 30.4 Å². The van der Waals surface area contributed by atoms with Crippen molar-refractivity contribution in [2.75, 3.05) is 30.9 Å². The number of Topliss-reactive ketones (excluding diaryl/α,β-unsaturated/α-hetero) is 1. The Hall–Kier alpha value is -3.93. The number of aliphatic imine (C=N–C) groups is 1. The number of nitrogen functional groups attached to an aromatic ring is 1. The fraction of sp³-hybridized carbons (Fsp3) is 0.355. The molecule has 1 saturated heterocycles. The predicted octanol–water partition coefficient (Wildman–Crippen LogP) is 6.17. The van der Waals surface area contributed by atoms with E-state index in [0.717, 1.165) is 69.4 Å². The Balaban J connectivity index is 1.49. The topological polar surface area (TPSA) is 110 Å². The molecule has 38 heavy (non-hydrogen) atoms. The minimum Gasteiger partial charge on any atom is -0.486 e. The molecule has 2 aromatic rings. The van der Waals surface area contributed by atoms with E-state index in [9.17, 15) is 4.79 Å². The summed E-state index contributed by atoms with van der Waals surface area (Å²) in [7, 11) is 0. The van der Waals surface area contributed by atoms with Crippen LogP contribution in [-0.4, -0.2) is 37.7 Å². The highest BCUT2D eigenvalue weighted by Gasteiger charge is 2.19. The Morgan fingerprint density at radius 2 is 2.03 bits per heavy atom. The normalized spacial score (nSPS) is 18.4. The summed E-state index contributed by atoms with van der Waals surface area (Å²) < 4.78 is 11.5. The van der Waals surface area contributed by atoms with Gasteiger partial charge < -0.3 is 25.9 Å². The van der Waals surface area contributed by atoms with Gasteiger partial charge in [-0.05, 0) is 81.0 Å². The first-order valence-corrected chi connectivity index (χ1v) is 13.3. The van der Waals surface area contributed by atoms with Crippen LogP contribution in [-0.2, 0) is 9.53 Å². The third-order valence-electron chi connectivity index (χ3n) is 6.62. The maximum Gasteiger partial charge on any atom is 0.173 e. The first-order chi connectivity index (χ1) is 18.6. The number of hydrogen-bond acceptors (Lipinski definition) is 7. The second-order valence-electron chi connectivity index (χ2n) is 9.52. The molecule has 7 nitrogen and oxygen atoms in total. The number of carbonyl (C=O) groups excluding carboxylic acids is 1. The van der Waals surface area contributed by atoms with Gasteiger partial charge in [0.2, 0.25) is 0 Å². The van der Waals surface area contributed by atoms with Gasteiger partial charge in [0.25, 0.3) is 0 Å². The molecule has 1 unspecified atom stereocenters. The van der Waals surface area contributed by atoms with Crippen molar-refractivity contribution in [3.05, 3.63) is 77.6 Å². The minimum atomic E-state index is 0.0337. The summed E-state index contributed by atoms with van der Waals surface area (Å²) in [5.74, 6) is 1.47. The third kappa shape index (κ3) is 8.04. The van der Waals surface area contributed by atoms with Crippen LogP contribution < -0.4 is 15.8 Å². The van der Waals surface area contributed by atoms with E-state index in [0.29, 0.717) is 28.5 Å². The van der Waals surface area contributed by atoms with Crippen molar-refractivity contribution in [1.82, 2.24) is 0 Å². The Labute approximate surface area is 224 Å². The average Bonchev–Trinajstić information content (AvgIpc) is 3.15. The SMILES string of the molecule is N=Cc1cc(NC2=NC(c3cccc(OCC(=O)C4CCCCOCCC4)c3)=C=CCCC=C2)ccc1N. The van der Waals surface area contributed by atoms with E-state index in [1.807, 2.05) is 48.6 Å². The van der Waals surface area contributed by atoms with E-state index in [1.54, 1.807) is 6.07 Å². The van der Waals surface area contributed by atoms with Gasteiger partial charge in [0.15, 0.2) is 5.78 Å². The summed E-state index contributed by atoms with van der Waals surface area (Å²) in [5, 5.41) is 10.9. The molecule has 2 aliphatic heterocycles. The lowest BCUT2D eigenvalue weighted by Gasteiger charge is -2.15. The monoisotopic (exact) mass is 512 g/mol. The smallest absolute Gasteiger partial charge is 0.173 e. The maximum absolute atomic E-state index is 12.9. The van der Waals surface area contributed by atoms with Gasteiger partial charge in [0, 0.05) is 47.8 Å². The number of amidine groups is 1. The van der Waals surface area contributed by atoms with Crippen molar-refractivity contribution in [2.45, 2.75) is 44.9 Å². The number of nitrogens with zero attached hydrogens (tertiary/aromatic N) is 1. The first kappa shape index (κ1) is 27.1. The number of ketones is 1. The molecule has 7 heteroatoms. The number of benzene rings is 2. The maximum atomic E-state index is 12.9. The molecule has 198 valence electrons. The van der Waals surface area contributed by atoms with Gasteiger partial charge in [-0.25, -0.2) is 4.99 Å². The molecule has 0 spiro atoms. The number of hydrogen-bond donors (Lipinski definition) is 3. The molecular formula is C31H36N4O3. The van der Waals surface area contributed by atoms with Crippen LogP contribution in [0.4, 0.5) is 11.4 Å². The minimum absolute atomic E-state index is 0.0337. The van der Waals surface area contributed by atoms with E-state index in [4.69, 9.17) is 25.6 Å². The van der Waals surface area contributed by atoms with Crippen LogP contribution in [0.25, 0.3) is 5.70 Å². The highest BCUT2D eigenvalue weighted by Crippen LogP contribution is 2.24. The fourth-order valence-electron chi connectivity index (χ4n) is 4.48. The van der Waals surface area contributed by atoms with Gasteiger partial charge in [-0.2, -0.15) is 0 Å². The average molecular weight is 513 g/mol. The van der Waals surface area contributed by atoms with Crippen LogP contribution in [0.5, 0.6) is 5.75 Å². The zero-order chi connectivity index (χ0) is 26.6. The molecule has 1 fully saturated rings. The van der Waals surface area contributed by atoms with Gasteiger partial charge in [0.05, 0.1) is 0 Å². The third-order valence-corrected chi connectivity index (χ3v) is 6.62. The molecule has 0 radical (unpaired) electrons. The summed E-state index contributed by atoms with van der Waals surface area (Å²) in [6.07, 6.45) is 13.6. The molecule has 0 bridgehead atoms. The van der Waals surface area contributed by atoms with E-state index in [1.165, 1.54) is 6.21 Å². The van der Waals surface area contributed by atoms with E-state index in [-0.39, 0.29) is 18.3 Å². The molecule has 0 saturated carbocycles. The number of nitrogens with one attached hydrogen (secondary N) is 2. The molecule has 0 aromatic heterocycles. The zero-order valence-electron chi connectivity index (χ0n) is 21.7. The molecule has 0 aliphatic carbocycles. The quantitative estimate of drug-likeness (QED) is 0.234. The van der Waals surface area contributed by atoms with Crippen molar-refractivity contribution in [1.29, 1.82) is 5.41 Å². The second-order valence-corrected chi connectivity index (χ2v) is 9.52. The van der Waals surface area contributed by atoms with Crippen LogP contribution in [0.2, 0.25) is 0 Å². The molecule has 4 rings (SSSR count). The summed E-state index contributed by atoms with van der Waals surface area (Å²) in [6.45, 7) is 1.58. The lowest BCUT2D eigenvalue weighted by atomic mass is 9.93. The zero-order valence-corrected chi connectivity index (χ0v) is 21.7. The lowest BCUT2D eigenvalue weighted by molar-refractivity contribution is -0.125. The summed E-state index contributed by atoms with van der Waals surface area (Å²) in [5.41, 5.74) is 12.7. The lowest BCUT2D eigenvalue weighted by Crippen LogP contribution is -2.22. The highest BCUT2D eigenvalue weighted by atomic mass is 16.5. The van der Waals surface area contributed by atoms with Crippen LogP contribution in [0.1, 0.15) is 56.1 Å². The molecule has 2 aliphatic rings. The Morgan fingerprint density at radius 3 is 2.92 bits per heavy atom. The predicted molar refractivity (Wildman–Crippen MR) is 154 cm³/mol. The Morgan fingerprint density at radius 1 is 1.16 bits per heavy atom. The van der Waals surface area contributed by atoms with Crippen LogP contribution in [0.15, 0.2) is 71.4 Å². The van der Waals surface area contributed by atoms with Crippen molar-refractivity contribution in [3.8, 4) is 5.75 Å². The van der Waals surface area contributed by atoms with Gasteiger partial charge >= 0.3 is 0 Å². The van der Waals surface area contributed by atoms with Gasteiger partial charge in [-0.15, -0.1) is 0 Å². The fourth-order valence-corrected chi connectivity index (χ4v) is 4.48. The summed E-state index contributed by atoms with van der Waals surface area (Å²) in [4.78, 5) is 17.7. The highest BCUT2D eigenvalue weighted by molar-refractivity contribution is 6.06. The van der Waals surface area contributed by atoms with E-state index in [2.05, 4.69) is 17.1 Å². The largest absolute Gasteiger partial charge is 0.486 e. The summed E-state index contributed by atoms with van der Waals surface area (Å²) in [6, 6.07) is 13.1. The number of nitrogens with two attached hydrogens (primary N) is 1. The van der Waals surface area contributed by atoms with E-state index >= 15 is 0 Å². The Kier molecular flexibility index (Phi) is 10.1. The molecule has 4 N–H and O–H groups in total.